The van der Waals surface area contributed by atoms with Gasteiger partial charge >= 0.3 is 5.97 Å². The molecule has 8 heteroatoms. The highest BCUT2D eigenvalue weighted by atomic mass is 32.2. The minimum absolute atomic E-state index is 0.412. The highest BCUT2D eigenvalue weighted by Gasteiger charge is 2.36. The number of thioether (sulfide) groups is 1. The van der Waals surface area contributed by atoms with Crippen LogP contribution in [0.15, 0.2) is 65.0 Å². The molecule has 0 fully saturated rings. The number of aromatic nitrogens is 3. The van der Waals surface area contributed by atoms with E-state index in [-0.39, 0.29) is 0 Å². The maximum atomic E-state index is 12.9. The van der Waals surface area contributed by atoms with Gasteiger partial charge in [-0.2, -0.15) is 4.98 Å². The van der Waals surface area contributed by atoms with E-state index in [1.165, 1.54) is 12.7 Å². The molecule has 0 bridgehead atoms. The number of nitrogens with one attached hydrogen (secondary N) is 1. The number of hydrogen-bond donors (Lipinski definition) is 1. The first kappa shape index (κ1) is 23.9. The van der Waals surface area contributed by atoms with E-state index in [0.717, 1.165) is 29.7 Å². The Labute approximate surface area is 204 Å². The molecule has 0 amide bonds. The first-order valence-electron chi connectivity index (χ1n) is 11.4. The van der Waals surface area contributed by atoms with Crippen molar-refractivity contribution in [1.82, 2.24) is 14.8 Å². The van der Waals surface area contributed by atoms with Crippen LogP contribution in [0.25, 0.3) is 0 Å². The van der Waals surface area contributed by atoms with Gasteiger partial charge in [-0.3, -0.25) is 0 Å². The van der Waals surface area contributed by atoms with Gasteiger partial charge in [-0.25, -0.2) is 9.48 Å². The van der Waals surface area contributed by atoms with Crippen LogP contribution in [0.1, 0.15) is 49.4 Å². The predicted molar refractivity (Wildman–Crippen MR) is 134 cm³/mol. The molecule has 0 radical (unpaired) electrons. The van der Waals surface area contributed by atoms with E-state index < -0.39 is 12.0 Å². The fourth-order valence-corrected chi connectivity index (χ4v) is 4.84. The zero-order valence-corrected chi connectivity index (χ0v) is 20.8. The van der Waals surface area contributed by atoms with Gasteiger partial charge < -0.3 is 14.8 Å². The molecule has 4 rings (SSSR count). The van der Waals surface area contributed by atoms with Crippen molar-refractivity contribution in [3.05, 3.63) is 76.5 Å². The number of aryl methyl sites for hydroxylation is 1. The summed E-state index contributed by atoms with van der Waals surface area (Å²) in [5, 5.41) is 8.68. The summed E-state index contributed by atoms with van der Waals surface area (Å²) < 4.78 is 13.2. The van der Waals surface area contributed by atoms with Gasteiger partial charge in [0.05, 0.1) is 12.7 Å². The molecule has 0 saturated heterocycles. The second-order valence-electron chi connectivity index (χ2n) is 8.18. The van der Waals surface area contributed by atoms with Crippen molar-refractivity contribution in [2.24, 2.45) is 0 Å². The van der Waals surface area contributed by atoms with E-state index in [2.05, 4.69) is 36.3 Å². The molecule has 1 N–H and O–H groups in total. The summed E-state index contributed by atoms with van der Waals surface area (Å²) >= 11 is 1.62. The number of fused-ring (bicyclic) bond motifs is 1. The number of carbonyl (C=O) groups excluding carboxylic acids is 1. The Morgan fingerprint density at radius 3 is 2.68 bits per heavy atom. The Kier molecular flexibility index (Phi) is 7.57. The third-order valence-corrected chi connectivity index (χ3v) is 6.75. The van der Waals surface area contributed by atoms with Crippen LogP contribution in [0.2, 0.25) is 0 Å². The first-order chi connectivity index (χ1) is 16.5. The number of anilines is 1. The van der Waals surface area contributed by atoms with Crippen LogP contribution in [0.3, 0.4) is 0 Å². The maximum Gasteiger partial charge on any atom is 0.338 e. The highest BCUT2D eigenvalue weighted by Crippen LogP contribution is 2.40. The van der Waals surface area contributed by atoms with Crippen molar-refractivity contribution in [2.75, 3.05) is 18.2 Å². The van der Waals surface area contributed by atoms with Crippen LogP contribution in [-0.2, 0) is 16.1 Å². The normalized spacial score (nSPS) is 15.0. The Balaban J connectivity index is 1.74. The van der Waals surface area contributed by atoms with Gasteiger partial charge in [0, 0.05) is 17.0 Å². The lowest BCUT2D eigenvalue weighted by Crippen LogP contribution is -2.29. The zero-order chi connectivity index (χ0) is 24.1. The van der Waals surface area contributed by atoms with Crippen LogP contribution >= 0.6 is 11.8 Å². The molecular weight excluding hydrogens is 448 g/mol. The van der Waals surface area contributed by atoms with Gasteiger partial charge in [0.25, 0.3) is 0 Å². The van der Waals surface area contributed by atoms with E-state index in [9.17, 15) is 4.79 Å². The summed E-state index contributed by atoms with van der Waals surface area (Å²) in [5.74, 6) is 1.82. The summed E-state index contributed by atoms with van der Waals surface area (Å²) in [6, 6.07) is 15.4. The van der Waals surface area contributed by atoms with E-state index in [1.807, 2.05) is 43.3 Å². The Morgan fingerprint density at radius 1 is 1.15 bits per heavy atom. The van der Waals surface area contributed by atoms with Gasteiger partial charge in [0.2, 0.25) is 11.1 Å². The number of esters is 1. The minimum Gasteiger partial charge on any atom is -0.489 e. The smallest absolute Gasteiger partial charge is 0.338 e. The van der Waals surface area contributed by atoms with Crippen LogP contribution in [0.4, 0.5) is 5.95 Å². The fourth-order valence-electron chi connectivity index (χ4n) is 3.93. The van der Waals surface area contributed by atoms with Crippen molar-refractivity contribution in [2.45, 2.75) is 51.4 Å². The van der Waals surface area contributed by atoms with E-state index >= 15 is 0 Å². The number of rotatable bonds is 9. The number of benzene rings is 2. The largest absolute Gasteiger partial charge is 0.489 e. The monoisotopic (exact) mass is 478 g/mol. The van der Waals surface area contributed by atoms with Gasteiger partial charge in [0.15, 0.2) is 0 Å². The molecule has 34 heavy (non-hydrogen) atoms. The van der Waals surface area contributed by atoms with Crippen molar-refractivity contribution < 1.29 is 14.3 Å². The van der Waals surface area contributed by atoms with Gasteiger partial charge in [0.1, 0.15) is 18.4 Å². The third-order valence-electron chi connectivity index (χ3n) is 5.83. The average molecular weight is 479 g/mol. The quantitative estimate of drug-likeness (QED) is 0.246. The standard InChI is InChI=1S/C26H30N4O3S/c1-5-6-15-34-26-28-25-27-18(3)22(24(31)32-4)23(30(25)29-26)20-13-9-10-14-21(20)33-16-19-12-8-7-11-17(19)2/h7-14,23H,5-6,15-16H2,1-4H3,(H,27,28,29). The third kappa shape index (κ3) is 4.97. The zero-order valence-electron chi connectivity index (χ0n) is 20.0. The number of allylic oxidation sites excluding steroid dienone is 1. The summed E-state index contributed by atoms with van der Waals surface area (Å²) in [7, 11) is 1.39. The van der Waals surface area contributed by atoms with Crippen molar-refractivity contribution in [1.29, 1.82) is 0 Å². The van der Waals surface area contributed by atoms with Crippen molar-refractivity contribution in [3.63, 3.8) is 0 Å². The van der Waals surface area contributed by atoms with Crippen LogP contribution in [-0.4, -0.2) is 33.6 Å². The lowest BCUT2D eigenvalue weighted by molar-refractivity contribution is -0.136. The molecule has 1 aliphatic heterocycles. The molecule has 2 heterocycles. The molecule has 1 aliphatic rings. The Morgan fingerprint density at radius 2 is 1.91 bits per heavy atom. The van der Waals surface area contributed by atoms with E-state index in [4.69, 9.17) is 14.6 Å². The van der Waals surface area contributed by atoms with Gasteiger partial charge in [-0.1, -0.05) is 67.6 Å². The summed E-state index contributed by atoms with van der Waals surface area (Å²) in [6.07, 6.45) is 2.20. The molecule has 0 aliphatic carbocycles. The second kappa shape index (κ2) is 10.8. The first-order valence-corrected chi connectivity index (χ1v) is 12.4. The van der Waals surface area contributed by atoms with Crippen molar-refractivity contribution in [3.8, 4) is 5.75 Å². The molecule has 0 saturated carbocycles. The molecule has 3 aromatic rings. The van der Waals surface area contributed by atoms with Gasteiger partial charge in [-0.15, -0.1) is 5.10 Å². The highest BCUT2D eigenvalue weighted by molar-refractivity contribution is 7.99. The van der Waals surface area contributed by atoms with E-state index in [1.54, 1.807) is 16.4 Å². The number of carbonyl (C=O) groups is 1. The summed E-state index contributed by atoms with van der Waals surface area (Å²) in [4.78, 5) is 17.6. The molecule has 178 valence electrons. The number of nitrogens with zero attached hydrogens (tertiary/aromatic N) is 3. The average Bonchev–Trinajstić information content (AvgIpc) is 3.25. The fraction of sp³-hybridized carbons (Fsp3) is 0.346. The van der Waals surface area contributed by atoms with Crippen LogP contribution in [0.5, 0.6) is 5.75 Å². The molecule has 1 atom stereocenters. The Hall–Kier alpha value is -3.26. The topological polar surface area (TPSA) is 78.3 Å². The number of methoxy groups -OCH3 is 1. The number of ether oxygens (including phenoxy) is 2. The Bertz CT molecular complexity index is 1200. The number of unbranched alkanes of at least 4 members (excludes halogenated alkanes) is 1. The maximum absolute atomic E-state index is 12.9. The minimum atomic E-state index is -0.523. The molecule has 2 aromatic carbocycles. The van der Waals surface area contributed by atoms with E-state index in [0.29, 0.717) is 34.7 Å². The van der Waals surface area contributed by atoms with Crippen LogP contribution < -0.4 is 10.1 Å². The molecule has 7 nitrogen and oxygen atoms in total. The van der Waals surface area contributed by atoms with Crippen molar-refractivity contribution >= 4 is 23.7 Å². The molecular formula is C26H30N4O3S. The number of para-hydroxylation sites is 1. The predicted octanol–water partition coefficient (Wildman–Crippen LogP) is 5.52. The second-order valence-corrected chi connectivity index (χ2v) is 9.24. The molecule has 1 unspecified atom stereocenters. The lowest BCUT2D eigenvalue weighted by atomic mass is 9.95. The molecule has 0 spiro atoms. The molecule has 1 aromatic heterocycles. The number of hydrogen-bond acceptors (Lipinski definition) is 7. The van der Waals surface area contributed by atoms with Crippen LogP contribution in [0, 0.1) is 6.92 Å². The lowest BCUT2D eigenvalue weighted by Gasteiger charge is -2.29. The van der Waals surface area contributed by atoms with Gasteiger partial charge in [-0.05, 0) is 37.5 Å². The summed E-state index contributed by atoms with van der Waals surface area (Å²) in [5.41, 5.74) is 4.28. The SMILES string of the molecule is CCCCSc1nc2n(n1)C(c1ccccc1OCc1ccccc1C)C(C(=O)OC)=C(C)N2. The summed E-state index contributed by atoms with van der Waals surface area (Å²) in [6.45, 7) is 6.51.